The third kappa shape index (κ3) is 2.67. The lowest BCUT2D eigenvalue weighted by atomic mass is 10.2. The molecule has 0 aliphatic heterocycles. The van der Waals surface area contributed by atoms with Crippen molar-refractivity contribution in [1.29, 1.82) is 0 Å². The van der Waals surface area contributed by atoms with Gasteiger partial charge in [-0.15, -0.1) is 10.2 Å². The Morgan fingerprint density at radius 2 is 2.16 bits per heavy atom. The number of fused-ring (bicyclic) bond motifs is 1. The zero-order valence-electron chi connectivity index (χ0n) is 10.7. The van der Waals surface area contributed by atoms with Gasteiger partial charge in [-0.25, -0.2) is 0 Å². The van der Waals surface area contributed by atoms with Crippen LogP contribution in [0.1, 0.15) is 11.4 Å². The smallest absolute Gasteiger partial charge is 0.183 e. The second-order valence-electron chi connectivity index (χ2n) is 4.36. The molecule has 1 N–H and O–H groups in total. The van der Waals surface area contributed by atoms with Gasteiger partial charge in [0, 0.05) is 11.8 Å². The van der Waals surface area contributed by atoms with Crippen molar-refractivity contribution in [3.63, 3.8) is 0 Å². The maximum absolute atomic E-state index is 5.79. The Morgan fingerprint density at radius 3 is 3.00 bits per heavy atom. The zero-order valence-corrected chi connectivity index (χ0v) is 11.5. The molecule has 0 aliphatic carbocycles. The summed E-state index contributed by atoms with van der Waals surface area (Å²) in [5.74, 6) is 0.804. The first-order valence-electron chi connectivity index (χ1n) is 6.33. The highest BCUT2D eigenvalue weighted by Crippen LogP contribution is 2.29. The number of aromatic nitrogens is 2. The highest BCUT2D eigenvalue weighted by Gasteiger charge is 2.11. The van der Waals surface area contributed by atoms with E-state index in [1.807, 2.05) is 37.4 Å². The molecule has 0 amide bonds. The standard InChI is InChI=1S/C14H15N3OS/c1-15-8-4-7-13-16-17-14(19-13)12-9-10-5-2-3-6-11(10)18-12/h2-3,5-6,9,15H,4,7-8H2,1H3. The van der Waals surface area contributed by atoms with Crippen molar-refractivity contribution in [1.82, 2.24) is 15.5 Å². The van der Waals surface area contributed by atoms with Crippen LogP contribution in [0.2, 0.25) is 0 Å². The van der Waals surface area contributed by atoms with Crippen LogP contribution in [-0.2, 0) is 6.42 Å². The molecule has 0 saturated carbocycles. The van der Waals surface area contributed by atoms with Crippen LogP contribution in [0.5, 0.6) is 0 Å². The highest BCUT2D eigenvalue weighted by atomic mass is 32.1. The van der Waals surface area contributed by atoms with Gasteiger partial charge in [-0.3, -0.25) is 0 Å². The van der Waals surface area contributed by atoms with E-state index in [0.29, 0.717) is 0 Å². The summed E-state index contributed by atoms with van der Waals surface area (Å²) < 4.78 is 5.79. The summed E-state index contributed by atoms with van der Waals surface area (Å²) in [5.41, 5.74) is 0.893. The Labute approximate surface area is 115 Å². The SMILES string of the molecule is CNCCCc1nnc(-c2cc3ccccc3o2)s1. The topological polar surface area (TPSA) is 51.0 Å². The first kappa shape index (κ1) is 12.3. The third-order valence-electron chi connectivity index (χ3n) is 2.92. The fourth-order valence-corrected chi connectivity index (χ4v) is 2.79. The molecule has 0 radical (unpaired) electrons. The molecule has 2 heterocycles. The first-order valence-corrected chi connectivity index (χ1v) is 7.14. The first-order chi connectivity index (χ1) is 9.36. The summed E-state index contributed by atoms with van der Waals surface area (Å²) in [6.45, 7) is 1.000. The molecule has 0 aliphatic rings. The van der Waals surface area contributed by atoms with Gasteiger partial charge in [0.15, 0.2) is 10.8 Å². The second-order valence-corrected chi connectivity index (χ2v) is 5.42. The molecular weight excluding hydrogens is 258 g/mol. The monoisotopic (exact) mass is 273 g/mol. The summed E-state index contributed by atoms with van der Waals surface area (Å²) in [6.07, 6.45) is 2.03. The van der Waals surface area contributed by atoms with E-state index in [1.165, 1.54) is 0 Å². The van der Waals surface area contributed by atoms with Crippen LogP contribution in [0.25, 0.3) is 21.7 Å². The number of nitrogens with zero attached hydrogens (tertiary/aromatic N) is 2. The van der Waals surface area contributed by atoms with Gasteiger partial charge in [-0.1, -0.05) is 29.5 Å². The van der Waals surface area contributed by atoms with Crippen molar-refractivity contribution in [2.75, 3.05) is 13.6 Å². The molecule has 0 fully saturated rings. The predicted octanol–water partition coefficient (Wildman–Crippen LogP) is 3.10. The van der Waals surface area contributed by atoms with Crippen LogP contribution in [0, 0.1) is 0 Å². The van der Waals surface area contributed by atoms with Gasteiger partial charge in [0.05, 0.1) is 0 Å². The lowest BCUT2D eigenvalue weighted by molar-refractivity contribution is 0.629. The maximum Gasteiger partial charge on any atom is 0.183 e. The zero-order chi connectivity index (χ0) is 13.1. The van der Waals surface area contributed by atoms with Crippen molar-refractivity contribution in [2.24, 2.45) is 0 Å². The van der Waals surface area contributed by atoms with Gasteiger partial charge in [0.2, 0.25) is 0 Å². The molecular formula is C14H15N3OS. The van der Waals surface area contributed by atoms with E-state index in [-0.39, 0.29) is 0 Å². The number of nitrogens with one attached hydrogen (secondary N) is 1. The minimum absolute atomic E-state index is 0.804. The number of hydrogen-bond acceptors (Lipinski definition) is 5. The third-order valence-corrected chi connectivity index (χ3v) is 3.92. The van der Waals surface area contributed by atoms with E-state index >= 15 is 0 Å². The normalized spacial score (nSPS) is 11.2. The minimum Gasteiger partial charge on any atom is -0.453 e. The summed E-state index contributed by atoms with van der Waals surface area (Å²) in [7, 11) is 1.96. The summed E-state index contributed by atoms with van der Waals surface area (Å²) in [6, 6.07) is 10.0. The van der Waals surface area contributed by atoms with Crippen LogP contribution < -0.4 is 5.32 Å². The Kier molecular flexibility index (Phi) is 3.57. The quantitative estimate of drug-likeness (QED) is 0.726. The van der Waals surface area contributed by atoms with Crippen molar-refractivity contribution in [3.8, 4) is 10.8 Å². The summed E-state index contributed by atoms with van der Waals surface area (Å²) in [4.78, 5) is 0. The molecule has 1 aromatic carbocycles. The van der Waals surface area contributed by atoms with Gasteiger partial charge in [-0.05, 0) is 32.1 Å². The van der Waals surface area contributed by atoms with Crippen LogP contribution in [0.4, 0.5) is 0 Å². The highest BCUT2D eigenvalue weighted by molar-refractivity contribution is 7.14. The molecule has 0 saturated heterocycles. The maximum atomic E-state index is 5.79. The van der Waals surface area contributed by atoms with E-state index < -0.39 is 0 Å². The van der Waals surface area contributed by atoms with E-state index in [2.05, 4.69) is 15.5 Å². The van der Waals surface area contributed by atoms with Crippen LogP contribution in [0.15, 0.2) is 34.7 Å². The average Bonchev–Trinajstić information content (AvgIpc) is 3.04. The fourth-order valence-electron chi connectivity index (χ4n) is 1.96. The van der Waals surface area contributed by atoms with Gasteiger partial charge < -0.3 is 9.73 Å². The van der Waals surface area contributed by atoms with Gasteiger partial charge in [0.25, 0.3) is 0 Å². The van der Waals surface area contributed by atoms with Gasteiger partial charge in [0.1, 0.15) is 10.6 Å². The molecule has 3 rings (SSSR count). The van der Waals surface area contributed by atoms with E-state index in [0.717, 1.165) is 46.1 Å². The van der Waals surface area contributed by atoms with Crippen LogP contribution >= 0.6 is 11.3 Å². The van der Waals surface area contributed by atoms with Crippen molar-refractivity contribution in [3.05, 3.63) is 35.3 Å². The number of benzene rings is 1. The van der Waals surface area contributed by atoms with Crippen molar-refractivity contribution < 1.29 is 4.42 Å². The number of furan rings is 1. The Morgan fingerprint density at radius 1 is 1.26 bits per heavy atom. The van der Waals surface area contributed by atoms with Crippen molar-refractivity contribution >= 4 is 22.3 Å². The van der Waals surface area contributed by atoms with E-state index in [1.54, 1.807) is 11.3 Å². The molecule has 5 heteroatoms. The number of hydrogen-bond donors (Lipinski definition) is 1. The van der Waals surface area contributed by atoms with Crippen LogP contribution in [-0.4, -0.2) is 23.8 Å². The molecule has 0 spiro atoms. The van der Waals surface area contributed by atoms with Crippen LogP contribution in [0.3, 0.4) is 0 Å². The summed E-state index contributed by atoms with van der Waals surface area (Å²) in [5, 5.41) is 14.6. The fraction of sp³-hybridized carbons (Fsp3) is 0.286. The lowest BCUT2D eigenvalue weighted by Gasteiger charge is -1.94. The molecule has 0 bridgehead atoms. The molecule has 98 valence electrons. The largest absolute Gasteiger partial charge is 0.453 e. The van der Waals surface area contributed by atoms with Gasteiger partial charge in [-0.2, -0.15) is 0 Å². The van der Waals surface area contributed by atoms with E-state index in [9.17, 15) is 0 Å². The molecule has 2 aromatic heterocycles. The summed E-state index contributed by atoms with van der Waals surface area (Å²) >= 11 is 1.61. The lowest BCUT2D eigenvalue weighted by Crippen LogP contribution is -2.08. The van der Waals surface area contributed by atoms with Crippen molar-refractivity contribution in [2.45, 2.75) is 12.8 Å². The predicted molar refractivity (Wildman–Crippen MR) is 77.4 cm³/mol. The average molecular weight is 273 g/mol. The minimum atomic E-state index is 0.804. The second kappa shape index (κ2) is 5.50. The molecule has 3 aromatic rings. The number of aryl methyl sites for hydroxylation is 1. The van der Waals surface area contributed by atoms with Gasteiger partial charge >= 0.3 is 0 Å². The Balaban J connectivity index is 1.81. The molecule has 4 nitrogen and oxygen atoms in total. The molecule has 0 unspecified atom stereocenters. The number of para-hydroxylation sites is 1. The Bertz CT molecular complexity index is 641. The van der Waals surface area contributed by atoms with E-state index in [4.69, 9.17) is 4.42 Å². The molecule has 19 heavy (non-hydrogen) atoms. The number of rotatable bonds is 5. The Hall–Kier alpha value is -1.72. The molecule has 0 atom stereocenters.